The molecule has 1 heteroatoms. The zero-order chi connectivity index (χ0) is 98.7. The Hall–Kier alpha value is -0.0400. The molecule has 0 fully saturated rings. The number of unbranched alkanes of at least 4 members (excludes halogenated alkanes) is 62. The van der Waals surface area contributed by atoms with E-state index in [0.29, 0.717) is 6.61 Å². The Kier molecular flexibility index (Phi) is 364. The molecule has 0 aromatic heterocycles. The summed E-state index contributed by atoms with van der Waals surface area (Å²) in [5, 5.41) is 8.42. The minimum atomic E-state index is 0.367. The highest BCUT2D eigenvalue weighted by atomic mass is 16.3. The zero-order valence-corrected chi connectivity index (χ0v) is 98.1. The molecular formula is C122H284O. The molecule has 0 aromatic carbocycles. The highest BCUT2D eigenvalue weighted by Crippen LogP contribution is 2.07. The van der Waals surface area contributed by atoms with Gasteiger partial charge in [0.15, 0.2) is 0 Å². The molecule has 0 aliphatic carbocycles. The third-order valence-electron chi connectivity index (χ3n) is 19.7. The van der Waals surface area contributed by atoms with Gasteiger partial charge < -0.3 is 5.11 Å². The molecule has 0 aromatic rings. The second-order valence-corrected chi connectivity index (χ2v) is 34.9. The summed E-state index contributed by atoms with van der Waals surface area (Å²) in [5.74, 6) is 0. The smallest absolute Gasteiger partial charge is 0.0431 e. The monoisotopic (exact) mass is 1770 g/mol. The second kappa shape index (κ2) is 259. The number of aliphatic hydroxyl groups is 1. The molecule has 1 N–H and O–H groups in total. The first-order valence-electron chi connectivity index (χ1n) is 59.4. The molecule has 123 heavy (non-hydrogen) atoms. The van der Waals surface area contributed by atoms with Gasteiger partial charge in [0.25, 0.3) is 0 Å². The Bertz CT molecular complexity index is 662. The van der Waals surface area contributed by atoms with Crippen LogP contribution >= 0.6 is 0 Å². The average Bonchev–Trinajstić information content (AvgIpc) is 1.70. The van der Waals surface area contributed by atoms with Crippen LogP contribution in [0.1, 0.15) is 797 Å². The molecule has 0 aliphatic rings. The van der Waals surface area contributed by atoms with Crippen LogP contribution in [0.2, 0.25) is 0 Å². The summed E-state index contributed by atoms with van der Waals surface area (Å²) in [6, 6.07) is 0. The summed E-state index contributed by atoms with van der Waals surface area (Å²) < 4.78 is 0. The Morgan fingerprint density at radius 3 is 0.154 bits per heavy atom. The summed E-state index contributed by atoms with van der Waals surface area (Å²) >= 11 is 0. The van der Waals surface area contributed by atoms with E-state index >= 15 is 0 Å². The van der Waals surface area contributed by atoms with Gasteiger partial charge >= 0.3 is 0 Å². The van der Waals surface area contributed by atoms with Crippen molar-refractivity contribution in [2.24, 2.45) is 0 Å². The van der Waals surface area contributed by atoms with Crippen molar-refractivity contribution < 1.29 is 5.11 Å². The molecule has 0 radical (unpaired) electrons. The van der Waals surface area contributed by atoms with Crippen LogP contribution in [0.3, 0.4) is 0 Å². The maximum Gasteiger partial charge on any atom is 0.0431 e. The quantitative estimate of drug-likeness (QED) is 0.0602. The molecule has 0 aliphatic heterocycles. The van der Waals surface area contributed by atoms with Gasteiger partial charge in [-0.3, -0.25) is 0 Å². The average molecular weight is 1770 g/mol. The molecule has 0 saturated carbocycles. The summed E-state index contributed by atoms with van der Waals surface area (Å²) in [5.41, 5.74) is 0. The van der Waals surface area contributed by atoms with E-state index in [1.807, 2.05) is 0 Å². The van der Waals surface area contributed by atoms with Crippen LogP contribution in [0.5, 0.6) is 0 Å². The van der Waals surface area contributed by atoms with E-state index in [9.17, 15) is 0 Å². The van der Waals surface area contributed by atoms with E-state index in [2.05, 4.69) is 270 Å². The Morgan fingerprint density at radius 1 is 0.0650 bits per heavy atom. The van der Waals surface area contributed by atoms with E-state index in [4.69, 9.17) is 5.11 Å². The van der Waals surface area contributed by atoms with Gasteiger partial charge in [-0.25, -0.2) is 0 Å². The van der Waals surface area contributed by atoms with E-state index in [0.717, 1.165) is 6.42 Å². The number of aliphatic hydroxyl groups excluding tert-OH is 1. The fourth-order valence-electron chi connectivity index (χ4n) is 10.4. The van der Waals surface area contributed by atoms with Crippen molar-refractivity contribution >= 4 is 0 Å². The van der Waals surface area contributed by atoms with Gasteiger partial charge in [0.05, 0.1) is 0 Å². The Balaban J connectivity index is -0.0000000505. The molecule has 0 amide bonds. The van der Waals surface area contributed by atoms with Gasteiger partial charge in [0.1, 0.15) is 0 Å². The minimum Gasteiger partial charge on any atom is -0.396 e. The van der Waals surface area contributed by atoms with Crippen molar-refractivity contribution in [3.63, 3.8) is 0 Å². The molecule has 0 rings (SSSR count). The summed E-state index contributed by atoms with van der Waals surface area (Å²) in [4.78, 5) is 0. The van der Waals surface area contributed by atoms with E-state index < -0.39 is 0 Å². The third-order valence-corrected chi connectivity index (χ3v) is 19.7. The highest BCUT2D eigenvalue weighted by Gasteiger charge is 1.88. The predicted molar refractivity (Wildman–Crippen MR) is 607 cm³/mol. The lowest BCUT2D eigenvalue weighted by Crippen LogP contribution is -1.82. The van der Waals surface area contributed by atoms with Gasteiger partial charge in [-0.2, -0.15) is 0 Å². The molecule has 0 spiro atoms. The lowest BCUT2D eigenvalue weighted by Gasteiger charge is -1.95. The lowest BCUT2D eigenvalue weighted by molar-refractivity contribution is 0.282. The molecule has 0 unspecified atom stereocenters. The zero-order valence-electron chi connectivity index (χ0n) is 98.1. The van der Waals surface area contributed by atoms with Crippen LogP contribution in [-0.4, -0.2) is 11.7 Å². The topological polar surface area (TPSA) is 20.2 Å². The fraction of sp³-hybridized carbons (Fsp3) is 1.00. The van der Waals surface area contributed by atoms with Crippen molar-refractivity contribution in [1.82, 2.24) is 0 Å². The van der Waals surface area contributed by atoms with Gasteiger partial charge in [0, 0.05) is 6.61 Å². The Labute approximate surface area is 803 Å². The standard InChI is InChI=1S/C8H18O.19C6H14/c1-2-3-4-5-6-7-8-9;19*1-3-5-6-4-2/h9H,2-8H2,1H3;19*3-6H2,1-2H3. The van der Waals surface area contributed by atoms with E-state index in [1.54, 1.807) is 0 Å². The third kappa shape index (κ3) is 443. The molecule has 0 atom stereocenters. The van der Waals surface area contributed by atoms with Gasteiger partial charge in [-0.1, -0.05) is 790 Å². The van der Waals surface area contributed by atoms with Crippen LogP contribution in [0.15, 0.2) is 0 Å². The van der Waals surface area contributed by atoms with Gasteiger partial charge in [0.2, 0.25) is 0 Å². The minimum absolute atomic E-state index is 0.367. The van der Waals surface area contributed by atoms with Crippen LogP contribution in [0.4, 0.5) is 0 Å². The normalized spacial score (nSPS) is 9.07. The van der Waals surface area contributed by atoms with E-state index in [1.165, 1.54) is 520 Å². The first-order chi connectivity index (χ1) is 59.8. The molecular weight excluding hydrogens is 1480 g/mol. The van der Waals surface area contributed by atoms with Crippen LogP contribution in [0.25, 0.3) is 0 Å². The lowest BCUT2D eigenvalue weighted by atomic mass is 10.1. The number of rotatable bonds is 63. The molecule has 1 nitrogen and oxygen atoms in total. The highest BCUT2D eigenvalue weighted by molar-refractivity contribution is 4.44. The van der Waals surface area contributed by atoms with Crippen molar-refractivity contribution in [3.05, 3.63) is 0 Å². The summed E-state index contributed by atoms with van der Waals surface area (Å²) in [6.07, 6.45) is 113. The Morgan fingerprint density at radius 2 is 0.106 bits per heavy atom. The maximum atomic E-state index is 8.42. The van der Waals surface area contributed by atoms with Crippen LogP contribution in [-0.2, 0) is 0 Å². The largest absolute Gasteiger partial charge is 0.396 e. The van der Waals surface area contributed by atoms with Crippen molar-refractivity contribution in [2.45, 2.75) is 797 Å². The van der Waals surface area contributed by atoms with Crippen molar-refractivity contribution in [3.8, 4) is 0 Å². The molecule has 0 heterocycles. The van der Waals surface area contributed by atoms with Crippen LogP contribution < -0.4 is 0 Å². The van der Waals surface area contributed by atoms with Crippen molar-refractivity contribution in [2.75, 3.05) is 6.61 Å². The fourth-order valence-corrected chi connectivity index (χ4v) is 10.4. The number of hydrogen-bond acceptors (Lipinski definition) is 1. The summed E-state index contributed by atoms with van der Waals surface area (Å²) in [6.45, 7) is 87.4. The predicted octanol–water partition coefficient (Wildman–Crippen LogP) is 51.5. The molecule has 0 bridgehead atoms. The number of hydrogen-bond donors (Lipinski definition) is 1. The molecule has 778 valence electrons. The maximum absolute atomic E-state index is 8.42. The first kappa shape index (κ1) is 173. The van der Waals surface area contributed by atoms with Crippen LogP contribution in [0, 0.1) is 0 Å². The molecule has 0 saturated heterocycles. The van der Waals surface area contributed by atoms with Gasteiger partial charge in [-0.15, -0.1) is 0 Å². The summed E-state index contributed by atoms with van der Waals surface area (Å²) in [7, 11) is 0. The SMILES string of the molecule is CCCCCC.CCCCCC.CCCCCC.CCCCCC.CCCCCC.CCCCCC.CCCCCC.CCCCCC.CCCCCC.CCCCCC.CCCCCC.CCCCCC.CCCCCC.CCCCCC.CCCCCC.CCCCCC.CCCCCC.CCCCCC.CCCCCC.CCCCCCCCO. The van der Waals surface area contributed by atoms with Crippen molar-refractivity contribution in [1.29, 1.82) is 0 Å². The van der Waals surface area contributed by atoms with Gasteiger partial charge in [-0.05, 0) is 6.42 Å². The van der Waals surface area contributed by atoms with E-state index in [-0.39, 0.29) is 0 Å². The second-order valence-electron chi connectivity index (χ2n) is 34.9. The first-order valence-corrected chi connectivity index (χ1v) is 59.4.